The minimum absolute atomic E-state index is 0.0129. The molecule has 0 aromatic carbocycles. The van der Waals surface area contributed by atoms with E-state index in [1.807, 2.05) is 0 Å². The van der Waals surface area contributed by atoms with E-state index in [0.717, 1.165) is 31.7 Å². The summed E-state index contributed by atoms with van der Waals surface area (Å²) in [5.74, 6) is -0.226. The van der Waals surface area contributed by atoms with Gasteiger partial charge >= 0.3 is 5.97 Å². The minimum atomic E-state index is -1.65. The van der Waals surface area contributed by atoms with Crippen molar-refractivity contribution in [2.45, 2.75) is 96.1 Å². The highest BCUT2D eigenvalue weighted by Crippen LogP contribution is 2.31. The molecule has 1 saturated carbocycles. The Morgan fingerprint density at radius 2 is 1.70 bits per heavy atom. The Labute approximate surface area is 169 Å². The summed E-state index contributed by atoms with van der Waals surface area (Å²) in [4.78, 5) is 11.8. The Hall–Kier alpha value is -0.259. The molecular weight excluding hydrogens is 392 g/mol. The van der Waals surface area contributed by atoms with Gasteiger partial charge in [0.15, 0.2) is 16.6 Å². The van der Waals surface area contributed by atoms with Gasteiger partial charge in [0.2, 0.25) is 0 Å². The molecule has 8 heteroatoms. The highest BCUT2D eigenvalue weighted by Gasteiger charge is 2.34. The van der Waals surface area contributed by atoms with Gasteiger partial charge in [0.05, 0.1) is 15.6 Å². The number of hydrogen-bond donors (Lipinski definition) is 1. The number of esters is 1. The first kappa shape index (κ1) is 24.8. The lowest BCUT2D eigenvalue weighted by Gasteiger charge is -2.35. The predicted molar refractivity (Wildman–Crippen MR) is 119 cm³/mol. The van der Waals surface area contributed by atoms with Crippen molar-refractivity contribution in [1.82, 2.24) is 0 Å². The lowest BCUT2D eigenvalue weighted by Crippen LogP contribution is -2.43. The van der Waals surface area contributed by atoms with Crippen LogP contribution in [0.2, 0.25) is 45.3 Å². The van der Waals surface area contributed by atoms with Crippen molar-refractivity contribution in [2.24, 2.45) is 5.92 Å². The van der Waals surface area contributed by atoms with E-state index in [-0.39, 0.29) is 11.8 Å². The third kappa shape index (κ3) is 10.2. The van der Waals surface area contributed by atoms with Crippen molar-refractivity contribution >= 4 is 32.1 Å². The van der Waals surface area contributed by atoms with Gasteiger partial charge in [-0.2, -0.15) is 0 Å². The van der Waals surface area contributed by atoms with E-state index in [0.29, 0.717) is 5.57 Å². The molecular formula is C19H40O5Si3. The van der Waals surface area contributed by atoms with E-state index < -0.39 is 44.3 Å². The second kappa shape index (κ2) is 10.5. The van der Waals surface area contributed by atoms with Crippen LogP contribution in [0.3, 0.4) is 0 Å². The number of rotatable bonds is 10. The third-order valence-corrected chi connectivity index (χ3v) is 8.75. The van der Waals surface area contributed by atoms with Crippen molar-refractivity contribution in [3.63, 3.8) is 0 Å². The van der Waals surface area contributed by atoms with Gasteiger partial charge < -0.3 is 18.7 Å². The highest BCUT2D eigenvalue weighted by molar-refractivity contribution is 6.71. The van der Waals surface area contributed by atoms with Crippen LogP contribution < -0.4 is 0 Å². The van der Waals surface area contributed by atoms with Crippen molar-refractivity contribution in [1.29, 1.82) is 0 Å². The third-order valence-electron chi connectivity index (χ3n) is 4.52. The van der Waals surface area contributed by atoms with Gasteiger partial charge in [0.25, 0.3) is 0 Å². The van der Waals surface area contributed by atoms with Gasteiger partial charge in [0.1, 0.15) is 12.0 Å². The summed E-state index contributed by atoms with van der Waals surface area (Å²) in [5, 5.41) is 10.7. The van der Waals surface area contributed by atoms with Crippen LogP contribution in [-0.4, -0.2) is 55.4 Å². The fraction of sp³-hybridized carbons (Fsp3) is 0.842. The van der Waals surface area contributed by atoms with Gasteiger partial charge in [-0.15, -0.1) is 0 Å². The van der Waals surface area contributed by atoms with Crippen LogP contribution in [0.5, 0.6) is 0 Å². The molecule has 1 aliphatic carbocycles. The Kier molecular flexibility index (Phi) is 9.63. The topological polar surface area (TPSA) is 65.0 Å². The molecule has 1 rings (SSSR count). The molecule has 0 saturated heterocycles. The Morgan fingerprint density at radius 3 is 2.19 bits per heavy atom. The molecule has 5 nitrogen and oxygen atoms in total. The molecule has 0 spiro atoms. The molecule has 0 heterocycles. The monoisotopic (exact) mass is 432 g/mol. The molecule has 158 valence electrons. The van der Waals surface area contributed by atoms with Crippen LogP contribution in [0.15, 0.2) is 12.2 Å². The quantitative estimate of drug-likeness (QED) is 0.247. The van der Waals surface area contributed by atoms with Gasteiger partial charge in [0, 0.05) is 5.57 Å². The van der Waals surface area contributed by atoms with E-state index in [9.17, 15) is 9.90 Å². The summed E-state index contributed by atoms with van der Waals surface area (Å²) in [6, 6.07) is 1.07. The molecule has 1 aliphatic rings. The van der Waals surface area contributed by atoms with Crippen molar-refractivity contribution in [2.75, 3.05) is 0 Å². The molecule has 0 aromatic heterocycles. The first-order valence-corrected chi connectivity index (χ1v) is 18.8. The number of carbonyl (C=O) groups excluding carboxylic acids is 1. The lowest BCUT2D eigenvalue weighted by molar-refractivity contribution is -0.156. The maximum absolute atomic E-state index is 11.8. The van der Waals surface area contributed by atoms with Crippen LogP contribution in [0.1, 0.15) is 32.6 Å². The summed E-state index contributed by atoms with van der Waals surface area (Å²) in [6.07, 6.45) is 2.68. The molecule has 0 aromatic rings. The zero-order valence-electron chi connectivity index (χ0n) is 18.3. The van der Waals surface area contributed by atoms with Crippen LogP contribution in [0.25, 0.3) is 0 Å². The van der Waals surface area contributed by atoms with Crippen LogP contribution in [0.4, 0.5) is 0 Å². The molecule has 1 N–H and O–H groups in total. The van der Waals surface area contributed by atoms with Crippen molar-refractivity contribution in [3.05, 3.63) is 12.2 Å². The van der Waals surface area contributed by atoms with Gasteiger partial charge in [-0.3, -0.25) is 0 Å². The second-order valence-corrected chi connectivity index (χ2v) is 20.6. The molecule has 1 fully saturated rings. The average molecular weight is 433 g/mol. The normalized spacial score (nSPS) is 24.6. The number of ether oxygens (including phenoxy) is 1. The Balaban J connectivity index is 2.56. The zero-order valence-corrected chi connectivity index (χ0v) is 21.8. The zero-order chi connectivity index (χ0) is 20.8. The lowest BCUT2D eigenvalue weighted by atomic mass is 9.83. The van der Waals surface area contributed by atoms with E-state index in [1.165, 1.54) is 0 Å². The van der Waals surface area contributed by atoms with E-state index in [2.05, 4.69) is 45.9 Å². The van der Waals surface area contributed by atoms with Gasteiger partial charge in [-0.1, -0.05) is 19.0 Å². The minimum Gasteiger partial charge on any atom is -0.456 e. The maximum Gasteiger partial charge on any atom is 0.333 e. The molecule has 3 atom stereocenters. The number of carbonyl (C=O) groups is 1. The molecule has 3 unspecified atom stereocenters. The predicted octanol–water partition coefficient (Wildman–Crippen LogP) is 3.60. The van der Waals surface area contributed by atoms with Crippen molar-refractivity contribution in [3.8, 4) is 0 Å². The molecule has 0 amide bonds. The van der Waals surface area contributed by atoms with E-state index in [4.69, 9.17) is 13.6 Å². The van der Waals surface area contributed by atoms with E-state index >= 15 is 0 Å². The first-order chi connectivity index (χ1) is 12.3. The van der Waals surface area contributed by atoms with Crippen LogP contribution in [-0.2, 0) is 18.4 Å². The summed E-state index contributed by atoms with van der Waals surface area (Å²) < 4.78 is 18.0. The highest BCUT2D eigenvalue weighted by atomic mass is 28.4. The molecule has 0 bridgehead atoms. The molecule has 0 aliphatic heterocycles. The molecule has 0 radical (unpaired) electrons. The van der Waals surface area contributed by atoms with Gasteiger partial charge in [-0.25, -0.2) is 4.79 Å². The summed E-state index contributed by atoms with van der Waals surface area (Å²) in [5.41, 5.74) is 0.381. The summed E-state index contributed by atoms with van der Waals surface area (Å²) >= 11 is 0. The fourth-order valence-corrected chi connectivity index (χ4v) is 10.2. The number of aliphatic hydroxyl groups is 1. The Bertz CT molecular complexity index is 483. The van der Waals surface area contributed by atoms with Crippen LogP contribution >= 0.6 is 0 Å². The largest absolute Gasteiger partial charge is 0.456 e. The SMILES string of the molecule is C=C(C)C(=O)OC1CCCC(CC[SiH2]C(O[Si](C)(C)C)O[Si](C)(C)C)C1O. The number of hydrogen-bond acceptors (Lipinski definition) is 5. The van der Waals surface area contributed by atoms with Gasteiger partial charge in [-0.05, 0) is 71.4 Å². The standard InChI is InChI=1S/C19H40O5Si3/c1-14(2)18(21)22-16-11-9-10-15(17(16)20)12-13-25-19(23-26(3,4)5)24-27(6,7)8/h15-17,19-20H,1,9-13,25H2,2-8H3. The maximum atomic E-state index is 11.8. The van der Waals surface area contributed by atoms with Crippen molar-refractivity contribution < 1.29 is 23.5 Å². The Morgan fingerprint density at radius 1 is 1.15 bits per heavy atom. The molecule has 27 heavy (non-hydrogen) atoms. The van der Waals surface area contributed by atoms with E-state index in [1.54, 1.807) is 6.92 Å². The first-order valence-electron chi connectivity index (χ1n) is 10.2. The number of aliphatic hydroxyl groups excluding tert-OH is 1. The average Bonchev–Trinajstić information content (AvgIpc) is 2.47. The smallest absolute Gasteiger partial charge is 0.333 e. The summed E-state index contributed by atoms with van der Waals surface area (Å²) in [6.45, 7) is 18.5. The van der Waals surface area contributed by atoms with Crippen LogP contribution in [0, 0.1) is 5.92 Å². The fourth-order valence-electron chi connectivity index (χ4n) is 3.39. The summed E-state index contributed by atoms with van der Waals surface area (Å²) in [7, 11) is -3.85. The second-order valence-electron chi connectivity index (χ2n) is 9.73.